The highest BCUT2D eigenvalue weighted by atomic mass is 16.5. The highest BCUT2D eigenvalue weighted by Crippen LogP contribution is 2.50. The number of allylic oxidation sites excluding steroid dienone is 5. The summed E-state index contributed by atoms with van der Waals surface area (Å²) in [6.45, 7) is 7.25. The van der Waals surface area contributed by atoms with Crippen LogP contribution in [-0.4, -0.2) is 30.1 Å². The standard InChI is InChI=1S/C32H35NO4/c1-4-11-22-18-23(19-28(36-3)32(22)37-20-21-12-7-6-8-13-21)29-30-24(14-9-16-26(30)34)33(5-2)25-15-10-17-27(35)31(25)29/h4,6-8,12-13,18-19,29H,1,5,9-11,14-17,20H2,2-3H3. The Morgan fingerprint density at radius 1 is 0.973 bits per heavy atom. The molecular formula is C32H35NO4. The molecule has 0 radical (unpaired) electrons. The van der Waals surface area contributed by atoms with E-state index in [1.165, 1.54) is 0 Å². The van der Waals surface area contributed by atoms with Crippen molar-refractivity contribution < 1.29 is 19.1 Å². The third-order valence-electron chi connectivity index (χ3n) is 7.70. The molecule has 0 spiro atoms. The van der Waals surface area contributed by atoms with Crippen molar-refractivity contribution in [1.29, 1.82) is 0 Å². The van der Waals surface area contributed by atoms with Gasteiger partial charge in [0.05, 0.1) is 7.11 Å². The van der Waals surface area contributed by atoms with Gasteiger partial charge in [-0.05, 0) is 56.2 Å². The number of hydrogen-bond donors (Lipinski definition) is 0. The zero-order valence-corrected chi connectivity index (χ0v) is 21.8. The molecule has 5 heteroatoms. The van der Waals surface area contributed by atoms with Crippen molar-refractivity contribution in [2.24, 2.45) is 0 Å². The lowest BCUT2D eigenvalue weighted by molar-refractivity contribution is -0.117. The molecule has 0 amide bonds. The first-order valence-corrected chi connectivity index (χ1v) is 13.4. The number of Topliss-reactive ketones (excluding diaryl/α,β-unsaturated/α-hetero) is 2. The van der Waals surface area contributed by atoms with E-state index in [1.807, 2.05) is 42.5 Å². The van der Waals surface area contributed by atoms with Crippen LogP contribution in [0.15, 0.2) is 77.7 Å². The third-order valence-corrected chi connectivity index (χ3v) is 7.70. The summed E-state index contributed by atoms with van der Waals surface area (Å²) in [6, 6.07) is 14.1. The van der Waals surface area contributed by atoms with Crippen molar-refractivity contribution >= 4 is 11.6 Å². The van der Waals surface area contributed by atoms with Crippen LogP contribution < -0.4 is 9.47 Å². The summed E-state index contributed by atoms with van der Waals surface area (Å²) in [4.78, 5) is 29.2. The maximum atomic E-state index is 13.5. The molecule has 1 heterocycles. The summed E-state index contributed by atoms with van der Waals surface area (Å²) in [5.41, 5.74) is 6.72. The van der Waals surface area contributed by atoms with Crippen LogP contribution in [0.3, 0.4) is 0 Å². The van der Waals surface area contributed by atoms with Gasteiger partial charge in [0.2, 0.25) is 0 Å². The number of carbonyl (C=O) groups is 2. The molecule has 0 saturated heterocycles. The molecule has 0 saturated carbocycles. The van der Waals surface area contributed by atoms with E-state index in [0.29, 0.717) is 37.4 Å². The van der Waals surface area contributed by atoms with E-state index >= 15 is 0 Å². The minimum absolute atomic E-state index is 0.156. The zero-order chi connectivity index (χ0) is 25.9. The smallest absolute Gasteiger partial charge is 0.165 e. The molecule has 2 aromatic rings. The molecule has 0 aromatic heterocycles. The maximum Gasteiger partial charge on any atom is 0.165 e. The van der Waals surface area contributed by atoms with Crippen LogP contribution >= 0.6 is 0 Å². The predicted molar refractivity (Wildman–Crippen MR) is 145 cm³/mol. The van der Waals surface area contributed by atoms with Crippen LogP contribution in [0.5, 0.6) is 11.5 Å². The Kier molecular flexibility index (Phi) is 7.31. The number of carbonyl (C=O) groups excluding carboxylic acids is 2. The van der Waals surface area contributed by atoms with Gasteiger partial charge in [-0.2, -0.15) is 0 Å². The number of ether oxygens (including phenoxy) is 2. The summed E-state index contributed by atoms with van der Waals surface area (Å²) in [5.74, 6) is 1.23. The second-order valence-electron chi connectivity index (χ2n) is 9.93. The molecule has 0 bridgehead atoms. The molecule has 5 nitrogen and oxygen atoms in total. The average molecular weight is 498 g/mol. The van der Waals surface area contributed by atoms with Crippen LogP contribution in [-0.2, 0) is 22.6 Å². The Bertz CT molecular complexity index is 1240. The highest BCUT2D eigenvalue weighted by Gasteiger charge is 2.43. The van der Waals surface area contributed by atoms with E-state index in [2.05, 4.69) is 24.5 Å². The van der Waals surface area contributed by atoms with Gasteiger partial charge in [0, 0.05) is 53.4 Å². The van der Waals surface area contributed by atoms with E-state index in [0.717, 1.165) is 71.5 Å². The molecule has 2 aliphatic carbocycles. The topological polar surface area (TPSA) is 55.8 Å². The van der Waals surface area contributed by atoms with Crippen molar-refractivity contribution in [2.45, 2.75) is 64.4 Å². The first kappa shape index (κ1) is 25.1. The Hall–Kier alpha value is -3.60. The lowest BCUT2D eigenvalue weighted by atomic mass is 9.70. The SMILES string of the molecule is C=CCc1cc(C2C3=C(CCCC3=O)N(CC)C3=C2C(=O)CCC3)cc(OC)c1OCc1ccccc1. The summed E-state index contributed by atoms with van der Waals surface area (Å²) in [7, 11) is 1.64. The number of hydrogen-bond acceptors (Lipinski definition) is 5. The summed E-state index contributed by atoms with van der Waals surface area (Å²) < 4.78 is 12.1. The van der Waals surface area contributed by atoms with Gasteiger partial charge in [0.15, 0.2) is 23.1 Å². The fourth-order valence-corrected chi connectivity index (χ4v) is 6.13. The van der Waals surface area contributed by atoms with Crippen molar-refractivity contribution in [3.63, 3.8) is 0 Å². The van der Waals surface area contributed by atoms with Crippen molar-refractivity contribution in [3.05, 3.63) is 94.4 Å². The van der Waals surface area contributed by atoms with E-state index in [4.69, 9.17) is 9.47 Å². The number of ketones is 2. The second kappa shape index (κ2) is 10.8. The lowest BCUT2D eigenvalue weighted by Crippen LogP contribution is -2.39. The van der Waals surface area contributed by atoms with E-state index in [9.17, 15) is 9.59 Å². The average Bonchev–Trinajstić information content (AvgIpc) is 2.92. The van der Waals surface area contributed by atoms with Gasteiger partial charge < -0.3 is 14.4 Å². The second-order valence-corrected chi connectivity index (χ2v) is 9.93. The Morgan fingerprint density at radius 3 is 2.19 bits per heavy atom. The number of methoxy groups -OCH3 is 1. The maximum absolute atomic E-state index is 13.5. The zero-order valence-electron chi connectivity index (χ0n) is 21.8. The highest BCUT2D eigenvalue weighted by molar-refractivity contribution is 6.06. The number of rotatable bonds is 8. The molecule has 0 fully saturated rings. The first-order chi connectivity index (χ1) is 18.1. The summed E-state index contributed by atoms with van der Waals surface area (Å²) >= 11 is 0. The van der Waals surface area contributed by atoms with Gasteiger partial charge >= 0.3 is 0 Å². The third kappa shape index (κ3) is 4.63. The minimum Gasteiger partial charge on any atom is -0.493 e. The Labute approximate surface area is 219 Å². The monoisotopic (exact) mass is 497 g/mol. The Balaban J connectivity index is 1.65. The minimum atomic E-state index is -0.367. The quantitative estimate of drug-likeness (QED) is 0.393. The Morgan fingerprint density at radius 2 is 1.62 bits per heavy atom. The first-order valence-electron chi connectivity index (χ1n) is 13.4. The van der Waals surface area contributed by atoms with Gasteiger partial charge in [0.1, 0.15) is 6.61 Å². The van der Waals surface area contributed by atoms with Gasteiger partial charge in [-0.3, -0.25) is 9.59 Å². The van der Waals surface area contributed by atoms with E-state index in [-0.39, 0.29) is 17.5 Å². The van der Waals surface area contributed by atoms with Crippen LogP contribution in [0.4, 0.5) is 0 Å². The van der Waals surface area contributed by atoms with Gasteiger partial charge in [-0.1, -0.05) is 42.5 Å². The molecule has 192 valence electrons. The van der Waals surface area contributed by atoms with Gasteiger partial charge in [-0.15, -0.1) is 6.58 Å². The number of benzene rings is 2. The predicted octanol–water partition coefficient (Wildman–Crippen LogP) is 6.44. The molecular weight excluding hydrogens is 462 g/mol. The van der Waals surface area contributed by atoms with Crippen molar-refractivity contribution in [2.75, 3.05) is 13.7 Å². The molecule has 3 aliphatic rings. The largest absolute Gasteiger partial charge is 0.493 e. The summed E-state index contributed by atoms with van der Waals surface area (Å²) in [5, 5.41) is 0. The molecule has 0 atom stereocenters. The fraction of sp³-hybridized carbons (Fsp3) is 0.375. The van der Waals surface area contributed by atoms with Crippen LogP contribution in [0.1, 0.15) is 68.1 Å². The van der Waals surface area contributed by atoms with Crippen LogP contribution in [0.2, 0.25) is 0 Å². The summed E-state index contributed by atoms with van der Waals surface area (Å²) in [6.07, 6.45) is 6.93. The van der Waals surface area contributed by atoms with Gasteiger partial charge in [-0.25, -0.2) is 0 Å². The van der Waals surface area contributed by atoms with E-state index in [1.54, 1.807) is 7.11 Å². The van der Waals surface area contributed by atoms with Crippen molar-refractivity contribution in [1.82, 2.24) is 4.90 Å². The fourth-order valence-electron chi connectivity index (χ4n) is 6.13. The molecule has 0 unspecified atom stereocenters. The molecule has 37 heavy (non-hydrogen) atoms. The van der Waals surface area contributed by atoms with Gasteiger partial charge in [0.25, 0.3) is 0 Å². The molecule has 5 rings (SSSR count). The molecule has 0 N–H and O–H groups in total. The number of nitrogens with zero attached hydrogens (tertiary/aromatic N) is 1. The normalized spacial score (nSPS) is 18.1. The molecule has 2 aromatic carbocycles. The van der Waals surface area contributed by atoms with Crippen LogP contribution in [0.25, 0.3) is 0 Å². The molecule has 1 aliphatic heterocycles. The lowest BCUT2D eigenvalue weighted by Gasteiger charge is -2.43. The van der Waals surface area contributed by atoms with Crippen LogP contribution in [0, 0.1) is 0 Å². The van der Waals surface area contributed by atoms with E-state index < -0.39 is 0 Å². The van der Waals surface area contributed by atoms with Crippen molar-refractivity contribution in [3.8, 4) is 11.5 Å².